The number of piperidine rings is 2. The predicted molar refractivity (Wildman–Crippen MR) is 88.3 cm³/mol. The van der Waals surface area contributed by atoms with Crippen LogP contribution in [0, 0.1) is 11.8 Å². The molecule has 2 fully saturated rings. The molecule has 21 heavy (non-hydrogen) atoms. The number of carbonyl (C=O) groups is 1. The van der Waals surface area contributed by atoms with Gasteiger partial charge in [-0.1, -0.05) is 6.92 Å². The van der Waals surface area contributed by atoms with Crippen LogP contribution in [-0.4, -0.2) is 47.9 Å². The number of hydrogen-bond acceptors (Lipinski definition) is 2. The Morgan fingerprint density at radius 2 is 1.52 bits per heavy atom. The summed E-state index contributed by atoms with van der Waals surface area (Å²) in [6, 6.07) is 0.707. The normalized spacial score (nSPS) is 23.0. The van der Waals surface area contributed by atoms with Gasteiger partial charge in [0.25, 0.3) is 0 Å². The highest BCUT2D eigenvalue weighted by Gasteiger charge is 2.27. The van der Waals surface area contributed by atoms with Crippen molar-refractivity contribution in [3.63, 3.8) is 0 Å². The third-order valence-corrected chi connectivity index (χ3v) is 5.48. The molecule has 0 saturated carbocycles. The molecular weight excluding hydrogens is 260 g/mol. The van der Waals surface area contributed by atoms with Gasteiger partial charge in [0, 0.05) is 25.6 Å². The summed E-state index contributed by atoms with van der Waals surface area (Å²) in [4.78, 5) is 16.6. The van der Waals surface area contributed by atoms with E-state index in [4.69, 9.17) is 0 Å². The topological polar surface area (TPSA) is 23.6 Å². The van der Waals surface area contributed by atoms with E-state index in [1.807, 2.05) is 0 Å². The molecule has 0 N–H and O–H groups in total. The molecule has 3 nitrogen and oxygen atoms in total. The molecule has 2 aliphatic heterocycles. The number of amides is 1. The number of nitrogens with zero attached hydrogens (tertiary/aromatic N) is 2. The van der Waals surface area contributed by atoms with Crippen molar-refractivity contribution in [3.05, 3.63) is 0 Å². The van der Waals surface area contributed by atoms with Crippen LogP contribution in [0.15, 0.2) is 0 Å². The lowest BCUT2D eigenvalue weighted by Crippen LogP contribution is -2.41. The van der Waals surface area contributed by atoms with Crippen LogP contribution in [-0.2, 0) is 4.79 Å². The molecule has 0 atom stereocenters. The Morgan fingerprint density at radius 1 is 1.00 bits per heavy atom. The van der Waals surface area contributed by atoms with Gasteiger partial charge in [-0.25, -0.2) is 0 Å². The molecule has 0 aromatic rings. The molecule has 3 heteroatoms. The van der Waals surface area contributed by atoms with Crippen molar-refractivity contribution in [1.29, 1.82) is 0 Å². The van der Waals surface area contributed by atoms with E-state index >= 15 is 0 Å². The van der Waals surface area contributed by atoms with E-state index in [-0.39, 0.29) is 0 Å². The second kappa shape index (κ2) is 8.17. The van der Waals surface area contributed by atoms with Crippen molar-refractivity contribution in [2.45, 2.75) is 71.8 Å². The minimum absolute atomic E-state index is 0.376. The van der Waals surface area contributed by atoms with Gasteiger partial charge in [-0.3, -0.25) is 4.79 Å². The van der Waals surface area contributed by atoms with Crippen LogP contribution < -0.4 is 0 Å². The van der Waals surface area contributed by atoms with Gasteiger partial charge in [0.1, 0.15) is 0 Å². The Hall–Kier alpha value is -0.570. The van der Waals surface area contributed by atoms with Crippen LogP contribution in [0.4, 0.5) is 0 Å². The first-order chi connectivity index (χ1) is 10.1. The Morgan fingerprint density at radius 3 is 2.00 bits per heavy atom. The van der Waals surface area contributed by atoms with Gasteiger partial charge in [0.05, 0.1) is 0 Å². The van der Waals surface area contributed by atoms with E-state index in [1.54, 1.807) is 0 Å². The fourth-order valence-corrected chi connectivity index (χ4v) is 3.97. The Labute approximate surface area is 131 Å². The molecular formula is C18H34N2O. The third-order valence-electron chi connectivity index (χ3n) is 5.48. The molecule has 2 rings (SSSR count). The van der Waals surface area contributed by atoms with Crippen LogP contribution in [0.25, 0.3) is 0 Å². The minimum Gasteiger partial charge on any atom is -0.343 e. The van der Waals surface area contributed by atoms with Gasteiger partial charge in [0.2, 0.25) is 5.91 Å². The fraction of sp³-hybridized carbons (Fsp3) is 0.944. The van der Waals surface area contributed by atoms with E-state index in [2.05, 4.69) is 30.6 Å². The van der Waals surface area contributed by atoms with Crippen LogP contribution >= 0.6 is 0 Å². The number of hydrogen-bond donors (Lipinski definition) is 0. The van der Waals surface area contributed by atoms with Crippen molar-refractivity contribution >= 4 is 5.91 Å². The SMILES string of the molecule is CCCC(=O)N1CCC(CC2CCN(C(C)C)CC2)CC1. The molecule has 0 aromatic carbocycles. The zero-order valence-corrected chi connectivity index (χ0v) is 14.3. The molecule has 2 heterocycles. The average molecular weight is 294 g/mol. The molecule has 0 radical (unpaired) electrons. The van der Waals surface area contributed by atoms with Gasteiger partial charge in [-0.2, -0.15) is 0 Å². The Kier molecular flexibility index (Phi) is 6.53. The summed E-state index contributed by atoms with van der Waals surface area (Å²) in [5.74, 6) is 2.18. The second-order valence-corrected chi connectivity index (χ2v) is 7.38. The van der Waals surface area contributed by atoms with Gasteiger partial charge in [0.15, 0.2) is 0 Å². The Balaban J connectivity index is 1.66. The maximum atomic E-state index is 11.9. The van der Waals surface area contributed by atoms with Crippen LogP contribution in [0.2, 0.25) is 0 Å². The summed E-state index contributed by atoms with van der Waals surface area (Å²) in [5, 5.41) is 0. The summed E-state index contributed by atoms with van der Waals surface area (Å²) in [5.41, 5.74) is 0. The summed E-state index contributed by atoms with van der Waals surface area (Å²) in [6.45, 7) is 11.3. The molecule has 0 spiro atoms. The maximum Gasteiger partial charge on any atom is 0.222 e. The number of rotatable bonds is 5. The smallest absolute Gasteiger partial charge is 0.222 e. The van der Waals surface area contributed by atoms with Crippen LogP contribution in [0.5, 0.6) is 0 Å². The largest absolute Gasteiger partial charge is 0.343 e. The lowest BCUT2D eigenvalue weighted by molar-refractivity contribution is -0.132. The second-order valence-electron chi connectivity index (χ2n) is 7.38. The highest BCUT2D eigenvalue weighted by Crippen LogP contribution is 2.30. The molecule has 2 saturated heterocycles. The van der Waals surface area contributed by atoms with Gasteiger partial charge in [-0.05, 0) is 77.3 Å². The molecule has 0 aromatic heterocycles. The zero-order valence-electron chi connectivity index (χ0n) is 14.3. The molecule has 0 unspecified atom stereocenters. The average Bonchev–Trinajstić information content (AvgIpc) is 2.49. The molecule has 0 bridgehead atoms. The fourth-order valence-electron chi connectivity index (χ4n) is 3.97. The molecule has 2 aliphatic rings. The van der Waals surface area contributed by atoms with E-state index in [1.165, 1.54) is 45.2 Å². The standard InChI is InChI=1S/C18H34N2O/c1-4-5-18(21)20-12-8-17(9-13-20)14-16-6-10-19(11-7-16)15(2)3/h15-17H,4-14H2,1-3H3. The first-order valence-electron chi connectivity index (χ1n) is 9.12. The highest BCUT2D eigenvalue weighted by atomic mass is 16.2. The maximum absolute atomic E-state index is 11.9. The third kappa shape index (κ3) is 4.98. The Bertz CT molecular complexity index is 313. The highest BCUT2D eigenvalue weighted by molar-refractivity contribution is 5.76. The van der Waals surface area contributed by atoms with Gasteiger partial charge >= 0.3 is 0 Å². The van der Waals surface area contributed by atoms with Crippen LogP contribution in [0.1, 0.15) is 65.7 Å². The lowest BCUT2D eigenvalue weighted by Gasteiger charge is -2.38. The summed E-state index contributed by atoms with van der Waals surface area (Å²) in [7, 11) is 0. The first-order valence-corrected chi connectivity index (χ1v) is 9.12. The van der Waals surface area contributed by atoms with Crippen molar-refractivity contribution in [1.82, 2.24) is 9.80 Å². The number of carbonyl (C=O) groups excluding carboxylic acids is 1. The van der Waals surface area contributed by atoms with Crippen LogP contribution in [0.3, 0.4) is 0 Å². The quantitative estimate of drug-likeness (QED) is 0.774. The van der Waals surface area contributed by atoms with E-state index < -0.39 is 0 Å². The summed E-state index contributed by atoms with van der Waals surface area (Å²) in [6.07, 6.45) is 8.35. The first kappa shape index (κ1) is 16.8. The predicted octanol–water partition coefficient (Wildman–Crippen LogP) is 3.54. The summed E-state index contributed by atoms with van der Waals surface area (Å²) >= 11 is 0. The monoisotopic (exact) mass is 294 g/mol. The van der Waals surface area contributed by atoms with Gasteiger partial charge in [-0.15, -0.1) is 0 Å². The van der Waals surface area contributed by atoms with E-state index in [0.29, 0.717) is 11.9 Å². The molecule has 1 amide bonds. The van der Waals surface area contributed by atoms with Crippen molar-refractivity contribution in [2.75, 3.05) is 26.2 Å². The van der Waals surface area contributed by atoms with Gasteiger partial charge < -0.3 is 9.80 Å². The lowest BCUT2D eigenvalue weighted by atomic mass is 9.82. The van der Waals surface area contributed by atoms with Crippen molar-refractivity contribution in [3.8, 4) is 0 Å². The van der Waals surface area contributed by atoms with E-state index in [0.717, 1.165) is 37.8 Å². The minimum atomic E-state index is 0.376. The van der Waals surface area contributed by atoms with E-state index in [9.17, 15) is 4.79 Å². The van der Waals surface area contributed by atoms with Crippen molar-refractivity contribution < 1.29 is 4.79 Å². The number of likely N-dealkylation sites (tertiary alicyclic amines) is 2. The van der Waals surface area contributed by atoms with Crippen molar-refractivity contribution in [2.24, 2.45) is 11.8 Å². The molecule has 122 valence electrons. The molecule has 0 aliphatic carbocycles. The zero-order chi connectivity index (χ0) is 15.2. The summed E-state index contributed by atoms with van der Waals surface area (Å²) < 4.78 is 0.